The molecule has 0 spiro atoms. The third-order valence-electron chi connectivity index (χ3n) is 3.04. The lowest BCUT2D eigenvalue weighted by atomic mass is 10.1. The molecule has 0 radical (unpaired) electrons. The first-order valence-corrected chi connectivity index (χ1v) is 6.79. The van der Waals surface area contributed by atoms with Crippen molar-refractivity contribution in [3.05, 3.63) is 29.3 Å². The van der Waals surface area contributed by atoms with Gasteiger partial charge in [0.05, 0.1) is 7.11 Å². The van der Waals surface area contributed by atoms with Gasteiger partial charge < -0.3 is 20.3 Å². The number of nitrogens with one attached hydrogen (secondary N) is 2. The molecule has 0 fully saturated rings. The van der Waals surface area contributed by atoms with E-state index in [9.17, 15) is 9.59 Å². The van der Waals surface area contributed by atoms with E-state index in [4.69, 9.17) is 4.74 Å². The second kappa shape index (κ2) is 8.14. The lowest BCUT2D eigenvalue weighted by Gasteiger charge is -2.11. The van der Waals surface area contributed by atoms with Gasteiger partial charge in [-0.25, -0.2) is 4.79 Å². The number of methoxy groups -OCH3 is 1. The zero-order valence-electron chi connectivity index (χ0n) is 13.0. The van der Waals surface area contributed by atoms with E-state index in [0.717, 1.165) is 16.9 Å². The number of carbonyl (C=O) groups is 2. The Morgan fingerprint density at radius 3 is 2.52 bits per heavy atom. The molecule has 0 atom stereocenters. The minimum Gasteiger partial charge on any atom is -0.496 e. The Bertz CT molecular complexity index is 501. The number of rotatable bonds is 6. The fourth-order valence-electron chi connectivity index (χ4n) is 1.80. The van der Waals surface area contributed by atoms with E-state index in [1.807, 2.05) is 25.1 Å². The van der Waals surface area contributed by atoms with Crippen LogP contribution in [0.5, 0.6) is 5.75 Å². The molecule has 1 rings (SSSR count). The number of aryl methyl sites for hydroxylation is 1. The average molecular weight is 293 g/mol. The molecule has 0 aliphatic heterocycles. The molecular weight excluding hydrogens is 270 g/mol. The van der Waals surface area contributed by atoms with Crippen molar-refractivity contribution in [1.82, 2.24) is 15.5 Å². The van der Waals surface area contributed by atoms with Crippen LogP contribution in [0.1, 0.15) is 17.5 Å². The van der Waals surface area contributed by atoms with Crippen molar-refractivity contribution in [2.75, 3.05) is 27.7 Å². The maximum absolute atomic E-state index is 11.6. The van der Waals surface area contributed by atoms with Crippen molar-refractivity contribution in [3.8, 4) is 5.75 Å². The molecule has 6 heteroatoms. The zero-order valence-corrected chi connectivity index (χ0v) is 13.0. The molecule has 3 amide bonds. The Balaban J connectivity index is 2.33. The predicted octanol–water partition coefficient (Wildman–Crippen LogP) is 1.28. The van der Waals surface area contributed by atoms with Gasteiger partial charge >= 0.3 is 6.03 Å². The van der Waals surface area contributed by atoms with E-state index >= 15 is 0 Å². The largest absolute Gasteiger partial charge is 0.496 e. The molecule has 0 aromatic heterocycles. The molecule has 0 aliphatic carbocycles. The second-order valence-electron chi connectivity index (χ2n) is 4.95. The van der Waals surface area contributed by atoms with Gasteiger partial charge in [-0.3, -0.25) is 4.79 Å². The van der Waals surface area contributed by atoms with Gasteiger partial charge in [-0.2, -0.15) is 0 Å². The maximum atomic E-state index is 11.6. The van der Waals surface area contributed by atoms with Crippen LogP contribution in [0.15, 0.2) is 18.2 Å². The number of nitrogens with zero attached hydrogens (tertiary/aromatic N) is 1. The van der Waals surface area contributed by atoms with Gasteiger partial charge in [-0.05, 0) is 24.1 Å². The first kappa shape index (κ1) is 16.8. The maximum Gasteiger partial charge on any atom is 0.315 e. The van der Waals surface area contributed by atoms with Crippen molar-refractivity contribution in [2.45, 2.75) is 19.9 Å². The molecular formula is C15H23N3O3. The van der Waals surface area contributed by atoms with Crippen molar-refractivity contribution in [2.24, 2.45) is 0 Å². The summed E-state index contributed by atoms with van der Waals surface area (Å²) in [6, 6.07) is 5.46. The number of ether oxygens (including phenoxy) is 1. The van der Waals surface area contributed by atoms with Gasteiger partial charge in [0.2, 0.25) is 5.91 Å². The highest BCUT2D eigenvalue weighted by Gasteiger charge is 2.06. The summed E-state index contributed by atoms with van der Waals surface area (Å²) in [4.78, 5) is 24.4. The molecule has 0 heterocycles. The van der Waals surface area contributed by atoms with Crippen LogP contribution in [-0.4, -0.2) is 44.6 Å². The molecule has 1 aromatic carbocycles. The van der Waals surface area contributed by atoms with E-state index in [-0.39, 0.29) is 11.9 Å². The standard InChI is InChI=1S/C15H23N3O3/c1-11-9-12(5-6-13(11)21-4)10-17-15(20)16-8-7-14(19)18(2)3/h5-6,9H,7-8,10H2,1-4H3,(H2,16,17,20). The van der Waals surface area contributed by atoms with Gasteiger partial charge in [0.15, 0.2) is 0 Å². The van der Waals surface area contributed by atoms with Gasteiger partial charge in [-0.1, -0.05) is 12.1 Å². The SMILES string of the molecule is COc1ccc(CNC(=O)NCCC(=O)N(C)C)cc1C. The quantitative estimate of drug-likeness (QED) is 0.830. The number of hydrogen-bond donors (Lipinski definition) is 2. The summed E-state index contributed by atoms with van der Waals surface area (Å²) >= 11 is 0. The fourth-order valence-corrected chi connectivity index (χ4v) is 1.80. The predicted molar refractivity (Wildman–Crippen MR) is 81.3 cm³/mol. The molecule has 1 aromatic rings. The van der Waals surface area contributed by atoms with Gasteiger partial charge in [0.25, 0.3) is 0 Å². The summed E-state index contributed by atoms with van der Waals surface area (Å²) in [5.74, 6) is 0.812. The van der Waals surface area contributed by atoms with Crippen molar-refractivity contribution in [1.29, 1.82) is 0 Å². The Kier molecular flexibility index (Phi) is 6.52. The molecule has 6 nitrogen and oxygen atoms in total. The Morgan fingerprint density at radius 2 is 1.95 bits per heavy atom. The van der Waals surface area contributed by atoms with Gasteiger partial charge in [-0.15, -0.1) is 0 Å². The lowest BCUT2D eigenvalue weighted by Crippen LogP contribution is -2.37. The van der Waals surface area contributed by atoms with Crippen molar-refractivity contribution < 1.29 is 14.3 Å². The van der Waals surface area contributed by atoms with Crippen LogP contribution in [0.4, 0.5) is 4.79 Å². The molecule has 116 valence electrons. The third-order valence-corrected chi connectivity index (χ3v) is 3.04. The summed E-state index contributed by atoms with van der Waals surface area (Å²) in [6.07, 6.45) is 0.294. The van der Waals surface area contributed by atoms with Gasteiger partial charge in [0.1, 0.15) is 5.75 Å². The highest BCUT2D eigenvalue weighted by molar-refractivity contribution is 5.77. The molecule has 21 heavy (non-hydrogen) atoms. The van der Waals surface area contributed by atoms with Crippen LogP contribution in [-0.2, 0) is 11.3 Å². The number of urea groups is 1. The van der Waals surface area contributed by atoms with Crippen molar-refractivity contribution in [3.63, 3.8) is 0 Å². The van der Waals surface area contributed by atoms with E-state index < -0.39 is 0 Å². The van der Waals surface area contributed by atoms with Crippen LogP contribution < -0.4 is 15.4 Å². The fraction of sp³-hybridized carbons (Fsp3) is 0.467. The molecule has 0 saturated heterocycles. The van der Waals surface area contributed by atoms with Crippen LogP contribution in [0.25, 0.3) is 0 Å². The summed E-state index contributed by atoms with van der Waals surface area (Å²) in [5.41, 5.74) is 2.02. The number of hydrogen-bond acceptors (Lipinski definition) is 3. The lowest BCUT2D eigenvalue weighted by molar-refractivity contribution is -0.128. The summed E-state index contributed by atoms with van der Waals surface area (Å²) in [5, 5.41) is 5.40. The normalized spacial score (nSPS) is 9.90. The number of benzene rings is 1. The monoisotopic (exact) mass is 293 g/mol. The van der Waals surface area contributed by atoms with E-state index in [1.165, 1.54) is 4.90 Å². The first-order valence-electron chi connectivity index (χ1n) is 6.79. The molecule has 2 N–H and O–H groups in total. The molecule has 0 aliphatic rings. The topological polar surface area (TPSA) is 70.7 Å². The van der Waals surface area contributed by atoms with Crippen LogP contribution >= 0.6 is 0 Å². The minimum atomic E-state index is -0.282. The third kappa shape index (κ3) is 5.72. The Labute approximate surface area is 125 Å². The molecule has 0 saturated carbocycles. The van der Waals surface area contributed by atoms with Gasteiger partial charge in [0, 0.05) is 33.6 Å². The van der Waals surface area contributed by atoms with Crippen LogP contribution in [0.2, 0.25) is 0 Å². The molecule has 0 unspecified atom stereocenters. The Morgan fingerprint density at radius 1 is 1.24 bits per heavy atom. The Hall–Kier alpha value is -2.24. The number of amides is 3. The minimum absolute atomic E-state index is 0.0129. The highest BCUT2D eigenvalue weighted by Crippen LogP contribution is 2.18. The smallest absolute Gasteiger partial charge is 0.315 e. The summed E-state index contributed by atoms with van der Waals surface area (Å²) in [7, 11) is 5.01. The summed E-state index contributed by atoms with van der Waals surface area (Å²) in [6.45, 7) is 2.71. The summed E-state index contributed by atoms with van der Waals surface area (Å²) < 4.78 is 5.18. The van der Waals surface area contributed by atoms with E-state index in [1.54, 1.807) is 21.2 Å². The first-order chi connectivity index (χ1) is 9.93. The van der Waals surface area contributed by atoms with E-state index in [2.05, 4.69) is 10.6 Å². The van der Waals surface area contributed by atoms with Crippen molar-refractivity contribution >= 4 is 11.9 Å². The molecule has 0 bridgehead atoms. The average Bonchev–Trinajstić information content (AvgIpc) is 2.45. The van der Waals surface area contributed by atoms with Crippen LogP contribution in [0, 0.1) is 6.92 Å². The highest BCUT2D eigenvalue weighted by atomic mass is 16.5. The van der Waals surface area contributed by atoms with Crippen LogP contribution in [0.3, 0.4) is 0 Å². The second-order valence-corrected chi connectivity index (χ2v) is 4.95. The number of carbonyl (C=O) groups excluding carboxylic acids is 2. The van der Waals surface area contributed by atoms with E-state index in [0.29, 0.717) is 19.5 Å². The zero-order chi connectivity index (χ0) is 15.8.